The normalized spacial score (nSPS) is 11.3. The zero-order valence-electron chi connectivity index (χ0n) is 10.8. The van der Waals surface area contributed by atoms with Gasteiger partial charge in [-0.2, -0.15) is 13.2 Å². The maximum absolute atomic E-state index is 12.7. The second kappa shape index (κ2) is 5.73. The minimum Gasteiger partial charge on any atom is -0.322 e. The Morgan fingerprint density at radius 1 is 1.24 bits per heavy atom. The van der Waals surface area contributed by atoms with E-state index in [0.29, 0.717) is 5.56 Å². The van der Waals surface area contributed by atoms with Crippen molar-refractivity contribution < 1.29 is 18.0 Å². The van der Waals surface area contributed by atoms with Crippen molar-refractivity contribution in [3.8, 4) is 0 Å². The predicted molar refractivity (Wildman–Crippen MR) is 73.4 cm³/mol. The summed E-state index contributed by atoms with van der Waals surface area (Å²) in [6.45, 7) is 1.61. The Morgan fingerprint density at radius 3 is 2.52 bits per heavy atom. The van der Waals surface area contributed by atoms with Gasteiger partial charge in [0.05, 0.1) is 11.1 Å². The minimum atomic E-state index is -4.46. The minimum absolute atomic E-state index is 0.102. The molecule has 1 aromatic carbocycles. The van der Waals surface area contributed by atoms with Crippen LogP contribution >= 0.6 is 11.6 Å². The number of nitrogens with one attached hydrogen (secondary N) is 1. The van der Waals surface area contributed by atoms with E-state index in [1.807, 2.05) is 0 Å². The summed E-state index contributed by atoms with van der Waals surface area (Å²) in [4.78, 5) is 15.7. The van der Waals surface area contributed by atoms with Crippen molar-refractivity contribution in [1.29, 1.82) is 0 Å². The van der Waals surface area contributed by atoms with Gasteiger partial charge >= 0.3 is 6.18 Å². The smallest absolute Gasteiger partial charge is 0.322 e. The van der Waals surface area contributed by atoms with Crippen LogP contribution in [0.4, 0.5) is 18.9 Å². The van der Waals surface area contributed by atoms with Gasteiger partial charge in [-0.05, 0) is 36.8 Å². The molecule has 0 aliphatic carbocycles. The molecule has 110 valence electrons. The Bertz CT molecular complexity index is 669. The van der Waals surface area contributed by atoms with Gasteiger partial charge in [0.1, 0.15) is 5.15 Å². The van der Waals surface area contributed by atoms with Crippen LogP contribution in [0, 0.1) is 6.92 Å². The van der Waals surface area contributed by atoms with E-state index < -0.39 is 17.6 Å². The first kappa shape index (κ1) is 15.3. The molecule has 1 aromatic heterocycles. The van der Waals surface area contributed by atoms with Crippen LogP contribution in [0.2, 0.25) is 5.15 Å². The molecule has 0 unspecified atom stereocenters. The van der Waals surface area contributed by atoms with E-state index in [4.69, 9.17) is 11.6 Å². The molecule has 0 bridgehead atoms. The van der Waals surface area contributed by atoms with Crippen molar-refractivity contribution in [2.45, 2.75) is 13.1 Å². The molecule has 1 amide bonds. The van der Waals surface area contributed by atoms with Gasteiger partial charge in [0, 0.05) is 11.9 Å². The number of pyridine rings is 1. The highest BCUT2D eigenvalue weighted by Crippen LogP contribution is 2.32. The third-order valence-corrected chi connectivity index (χ3v) is 3.03. The predicted octanol–water partition coefficient (Wildman–Crippen LogP) is 4.31. The van der Waals surface area contributed by atoms with Gasteiger partial charge in [-0.1, -0.05) is 17.7 Å². The lowest BCUT2D eigenvalue weighted by molar-refractivity contribution is -0.137. The van der Waals surface area contributed by atoms with Crippen molar-refractivity contribution in [2.75, 3.05) is 5.32 Å². The van der Waals surface area contributed by atoms with E-state index in [-0.39, 0.29) is 16.4 Å². The number of aryl methyl sites for hydroxylation is 1. The van der Waals surface area contributed by atoms with Crippen molar-refractivity contribution in [1.82, 2.24) is 4.98 Å². The number of carbonyl (C=O) groups is 1. The first-order chi connectivity index (χ1) is 9.77. The number of hydrogen-bond donors (Lipinski definition) is 1. The third kappa shape index (κ3) is 3.72. The standard InChI is InChI=1S/C14H10ClF3N2O/c1-8-2-4-10(14(16,17)18)6-11(8)20-13(21)9-3-5-12(15)19-7-9/h2-7H,1H3,(H,20,21). The second-order valence-corrected chi connectivity index (χ2v) is 4.74. The fourth-order valence-corrected chi connectivity index (χ4v) is 1.75. The lowest BCUT2D eigenvalue weighted by atomic mass is 10.1. The van der Waals surface area contributed by atoms with E-state index in [9.17, 15) is 18.0 Å². The molecule has 0 saturated heterocycles. The third-order valence-electron chi connectivity index (χ3n) is 2.80. The first-order valence-corrected chi connectivity index (χ1v) is 6.26. The molecule has 21 heavy (non-hydrogen) atoms. The molecule has 0 spiro atoms. The molecule has 0 saturated carbocycles. The van der Waals surface area contributed by atoms with Crippen molar-refractivity contribution in [2.24, 2.45) is 0 Å². The Balaban J connectivity index is 2.26. The highest BCUT2D eigenvalue weighted by Gasteiger charge is 2.30. The average Bonchev–Trinajstić information content (AvgIpc) is 2.40. The van der Waals surface area contributed by atoms with Gasteiger partial charge in [-0.3, -0.25) is 4.79 Å². The lowest BCUT2D eigenvalue weighted by Gasteiger charge is -2.12. The molecule has 0 radical (unpaired) electrons. The summed E-state index contributed by atoms with van der Waals surface area (Å²) < 4.78 is 38.0. The number of halogens is 4. The van der Waals surface area contributed by atoms with Crippen LogP contribution in [0.25, 0.3) is 0 Å². The van der Waals surface area contributed by atoms with Gasteiger partial charge in [-0.25, -0.2) is 4.98 Å². The summed E-state index contributed by atoms with van der Waals surface area (Å²) in [5, 5.41) is 2.66. The maximum atomic E-state index is 12.7. The van der Waals surface area contributed by atoms with E-state index in [2.05, 4.69) is 10.3 Å². The fraction of sp³-hybridized carbons (Fsp3) is 0.143. The summed E-state index contributed by atoms with van der Waals surface area (Å²) >= 11 is 5.60. The van der Waals surface area contributed by atoms with Gasteiger partial charge in [-0.15, -0.1) is 0 Å². The second-order valence-electron chi connectivity index (χ2n) is 4.35. The molecule has 2 rings (SSSR count). The zero-order valence-corrected chi connectivity index (χ0v) is 11.6. The first-order valence-electron chi connectivity index (χ1n) is 5.88. The molecule has 1 N–H and O–H groups in total. The molecular formula is C14H10ClF3N2O. The summed E-state index contributed by atoms with van der Waals surface area (Å²) in [7, 11) is 0. The van der Waals surface area contributed by atoms with E-state index in [1.165, 1.54) is 24.4 Å². The van der Waals surface area contributed by atoms with Crippen LogP contribution in [0.3, 0.4) is 0 Å². The molecule has 0 atom stereocenters. The largest absolute Gasteiger partial charge is 0.416 e. The van der Waals surface area contributed by atoms with Crippen LogP contribution in [-0.4, -0.2) is 10.9 Å². The number of rotatable bonds is 2. The SMILES string of the molecule is Cc1ccc(C(F)(F)F)cc1NC(=O)c1ccc(Cl)nc1. The maximum Gasteiger partial charge on any atom is 0.416 e. The monoisotopic (exact) mass is 314 g/mol. The number of carbonyl (C=O) groups excluding carboxylic acids is 1. The van der Waals surface area contributed by atoms with Crippen LogP contribution in [0.15, 0.2) is 36.5 Å². The molecular weight excluding hydrogens is 305 g/mol. The highest BCUT2D eigenvalue weighted by molar-refractivity contribution is 6.29. The lowest BCUT2D eigenvalue weighted by Crippen LogP contribution is -2.14. The Labute approximate surface area is 123 Å². The zero-order chi connectivity index (χ0) is 15.6. The van der Waals surface area contributed by atoms with Crippen molar-refractivity contribution in [3.63, 3.8) is 0 Å². The van der Waals surface area contributed by atoms with Crippen LogP contribution in [0.5, 0.6) is 0 Å². The van der Waals surface area contributed by atoms with E-state index in [0.717, 1.165) is 12.1 Å². The summed E-state index contributed by atoms with van der Waals surface area (Å²) in [6, 6.07) is 6.03. The van der Waals surface area contributed by atoms with E-state index >= 15 is 0 Å². The Morgan fingerprint density at radius 2 is 1.95 bits per heavy atom. The highest BCUT2D eigenvalue weighted by atomic mass is 35.5. The van der Waals surface area contributed by atoms with Crippen molar-refractivity contribution >= 4 is 23.2 Å². The van der Waals surface area contributed by atoms with Crippen LogP contribution in [0.1, 0.15) is 21.5 Å². The van der Waals surface area contributed by atoms with Gasteiger partial charge in [0.15, 0.2) is 0 Å². The number of nitrogens with zero attached hydrogens (tertiary/aromatic N) is 1. The quantitative estimate of drug-likeness (QED) is 0.839. The molecule has 0 fully saturated rings. The average molecular weight is 315 g/mol. The topological polar surface area (TPSA) is 42.0 Å². The number of anilines is 1. The van der Waals surface area contributed by atoms with Crippen molar-refractivity contribution in [3.05, 3.63) is 58.4 Å². The van der Waals surface area contributed by atoms with E-state index in [1.54, 1.807) is 6.92 Å². The molecule has 2 aromatic rings. The molecule has 1 heterocycles. The van der Waals surface area contributed by atoms with Crippen LogP contribution < -0.4 is 5.32 Å². The Kier molecular flexibility index (Phi) is 4.18. The summed E-state index contributed by atoms with van der Waals surface area (Å²) in [5.74, 6) is -0.554. The van der Waals surface area contributed by atoms with Gasteiger partial charge in [0.2, 0.25) is 0 Å². The number of aromatic nitrogens is 1. The molecule has 0 aliphatic rings. The number of benzene rings is 1. The fourth-order valence-electron chi connectivity index (χ4n) is 1.64. The molecule has 7 heteroatoms. The van der Waals surface area contributed by atoms with Gasteiger partial charge < -0.3 is 5.32 Å². The number of amides is 1. The summed E-state index contributed by atoms with van der Waals surface area (Å²) in [5.41, 5.74) is 0.0110. The Hall–Kier alpha value is -2.08. The van der Waals surface area contributed by atoms with Gasteiger partial charge in [0.25, 0.3) is 5.91 Å². The number of hydrogen-bond acceptors (Lipinski definition) is 2. The number of alkyl halides is 3. The van der Waals surface area contributed by atoms with Crippen LogP contribution in [-0.2, 0) is 6.18 Å². The molecule has 0 aliphatic heterocycles. The summed E-state index contributed by atoms with van der Waals surface area (Å²) in [6.07, 6.45) is -3.21. The molecule has 3 nitrogen and oxygen atoms in total.